The molecule has 380 valence electrons. The average molecular weight is 1030 g/mol. The number of aromatic nitrogens is 4. The van der Waals surface area contributed by atoms with Crippen molar-refractivity contribution in [1.29, 1.82) is 0 Å². The highest BCUT2D eigenvalue weighted by molar-refractivity contribution is 7.15. The van der Waals surface area contributed by atoms with Crippen LogP contribution < -0.4 is 10.6 Å². The Balaban J connectivity index is 0.716. The molecule has 0 spiro atoms. The third kappa shape index (κ3) is 9.54. The van der Waals surface area contributed by atoms with Crippen LogP contribution in [0.1, 0.15) is 110 Å². The Morgan fingerprint density at radius 1 is 0.889 bits per heavy atom. The van der Waals surface area contributed by atoms with Crippen LogP contribution in [-0.4, -0.2) is 149 Å². The number of benzene rings is 2. The van der Waals surface area contributed by atoms with E-state index in [1.807, 2.05) is 100 Å². The molecular formula is C53H64ClN11O5S2. The van der Waals surface area contributed by atoms with Crippen molar-refractivity contribution < 1.29 is 24.3 Å². The van der Waals surface area contributed by atoms with Crippen molar-refractivity contribution in [1.82, 2.24) is 50.0 Å². The number of hydrogen-bond donors (Lipinski definition) is 3. The number of fused-ring (bicyclic) bond motifs is 4. The van der Waals surface area contributed by atoms with Crippen LogP contribution in [0.4, 0.5) is 0 Å². The first-order valence-corrected chi connectivity index (χ1v) is 27.1. The molecule has 0 bridgehead atoms. The second kappa shape index (κ2) is 19.8. The molecule has 16 nitrogen and oxygen atoms in total. The van der Waals surface area contributed by atoms with Crippen LogP contribution in [0.2, 0.25) is 5.02 Å². The number of amides is 4. The third-order valence-corrected chi connectivity index (χ3v) is 18.0. The Hall–Kier alpha value is -5.37. The van der Waals surface area contributed by atoms with E-state index in [1.54, 1.807) is 22.7 Å². The number of rotatable bonds is 12. The number of nitrogens with zero attached hydrogens (tertiary/aromatic N) is 9. The van der Waals surface area contributed by atoms with Gasteiger partial charge in [0.05, 0.1) is 52.9 Å². The van der Waals surface area contributed by atoms with E-state index in [0.29, 0.717) is 29.5 Å². The Morgan fingerprint density at radius 3 is 2.25 bits per heavy atom. The number of thiazole rings is 1. The van der Waals surface area contributed by atoms with Gasteiger partial charge in [0.15, 0.2) is 5.82 Å². The number of thiophene rings is 1. The predicted octanol–water partition coefficient (Wildman–Crippen LogP) is 6.35. The molecule has 2 aromatic carbocycles. The summed E-state index contributed by atoms with van der Waals surface area (Å²) in [6, 6.07) is 13.9. The normalized spacial score (nSPS) is 23.2. The summed E-state index contributed by atoms with van der Waals surface area (Å²) in [5, 5.41) is 27.6. The number of aliphatic imine (C=N–C) groups is 1. The van der Waals surface area contributed by atoms with Crippen LogP contribution >= 0.6 is 34.3 Å². The van der Waals surface area contributed by atoms with Gasteiger partial charge in [0.25, 0.3) is 0 Å². The number of β-amino-alcohol motifs (C(OH)–C–C–N with tert-alkyl or cyclic N) is 1. The fourth-order valence-electron chi connectivity index (χ4n) is 11.2. The van der Waals surface area contributed by atoms with Crippen molar-refractivity contribution in [2.75, 3.05) is 39.3 Å². The van der Waals surface area contributed by atoms with Crippen LogP contribution in [0.5, 0.6) is 0 Å². The zero-order chi connectivity index (χ0) is 50.9. The van der Waals surface area contributed by atoms with Gasteiger partial charge in [-0.05, 0) is 81.7 Å². The molecule has 1 unspecified atom stereocenters. The van der Waals surface area contributed by atoms with E-state index in [9.17, 15) is 24.3 Å². The number of hydrogen-bond acceptors (Lipinski definition) is 13. The van der Waals surface area contributed by atoms with Gasteiger partial charge in [0, 0.05) is 72.3 Å². The van der Waals surface area contributed by atoms with Crippen LogP contribution in [0, 0.1) is 33.1 Å². The zero-order valence-electron chi connectivity index (χ0n) is 42.2. The Kier molecular flexibility index (Phi) is 13.8. The van der Waals surface area contributed by atoms with Gasteiger partial charge in [-0.2, -0.15) is 0 Å². The molecule has 0 aliphatic carbocycles. The van der Waals surface area contributed by atoms with Crippen LogP contribution in [-0.2, 0) is 19.2 Å². The smallest absolute Gasteiger partial charge is 0.246 e. The molecule has 3 aromatic heterocycles. The van der Waals surface area contributed by atoms with E-state index >= 15 is 0 Å². The summed E-state index contributed by atoms with van der Waals surface area (Å²) in [4.78, 5) is 76.2. The SMILES string of the molecule is Cc1ncsc1-c1ccc([C@H](C)NC(=O)[C@@H]2C[C@@H](O)CN2C(=O)[C@@H](NC(=O)CN2CCC(N3CC4[C@H]3CN4C(=O)C[C@@H]3N=C(c4ccc(Cl)cc4)c4c(sc(C)c4C)-n4c(C)nnc43)CC2)C(C)(C)C)cc1. The highest BCUT2D eigenvalue weighted by atomic mass is 35.5. The predicted molar refractivity (Wildman–Crippen MR) is 280 cm³/mol. The summed E-state index contributed by atoms with van der Waals surface area (Å²) < 4.78 is 2.08. The first-order chi connectivity index (χ1) is 34.3. The fourth-order valence-corrected chi connectivity index (χ4v) is 13.4. The van der Waals surface area contributed by atoms with Crippen molar-refractivity contribution in [3.63, 3.8) is 0 Å². The molecular weight excluding hydrogens is 970 g/mol. The number of aliphatic hydroxyl groups excluding tert-OH is 1. The van der Waals surface area contributed by atoms with Crippen molar-refractivity contribution >= 4 is 63.6 Å². The van der Waals surface area contributed by atoms with E-state index in [2.05, 4.69) is 54.0 Å². The number of likely N-dealkylation sites (tertiary alicyclic amines) is 4. The third-order valence-electron chi connectivity index (χ3n) is 15.6. The van der Waals surface area contributed by atoms with Gasteiger partial charge in [0.2, 0.25) is 23.6 Å². The van der Waals surface area contributed by atoms with E-state index in [4.69, 9.17) is 16.6 Å². The standard InChI is InChI=1S/C53H64ClN11O5S2/c1-28-31(4)72-52-45(28)46(34-13-15-36(54)16-14-34)57-39(49-60-59-32(5)65(49)52)22-44(68)63-25-41-42(63)24-62(41)37-17-19-61(20-18-37)26-43(67)58-48(53(6,7)8)51(70)64-23-38(66)21-40(64)50(69)56-29(2)33-9-11-35(12-10-33)47-30(3)55-27-71-47/h9-16,27,29,37-42,48,66H,17-26H2,1-8H3,(H,56,69)(H,58,67)/t29-,38+,39-,40-,41+,42?,48+/m0/s1. The number of piperazine rings is 1. The lowest BCUT2D eigenvalue weighted by Crippen LogP contribution is -2.81. The summed E-state index contributed by atoms with van der Waals surface area (Å²) >= 11 is 9.58. The Labute approximate surface area is 433 Å². The maximum Gasteiger partial charge on any atom is 0.246 e. The topological polar surface area (TPSA) is 181 Å². The molecule has 0 radical (unpaired) electrons. The van der Waals surface area contributed by atoms with Crippen LogP contribution in [0.3, 0.4) is 0 Å². The van der Waals surface area contributed by atoms with Crippen molar-refractivity contribution in [3.8, 4) is 15.4 Å². The summed E-state index contributed by atoms with van der Waals surface area (Å²) in [6.07, 6.45) is 1.23. The van der Waals surface area contributed by atoms with Gasteiger partial charge in [-0.3, -0.25) is 38.5 Å². The number of carbonyl (C=O) groups excluding carboxylic acids is 4. The molecule has 5 aliphatic rings. The minimum absolute atomic E-state index is 0.00909. The van der Waals surface area contributed by atoms with Crippen LogP contribution in [0.25, 0.3) is 15.4 Å². The molecule has 3 N–H and O–H groups in total. The zero-order valence-corrected chi connectivity index (χ0v) is 44.6. The van der Waals surface area contributed by atoms with E-state index < -0.39 is 29.6 Å². The number of carbonyl (C=O) groups is 4. The number of aryl methyl sites for hydroxylation is 3. The largest absolute Gasteiger partial charge is 0.391 e. The molecule has 19 heteroatoms. The molecule has 5 aromatic rings. The molecule has 8 heterocycles. The van der Waals surface area contributed by atoms with Crippen molar-refractivity contribution in [2.24, 2.45) is 10.4 Å². The van der Waals surface area contributed by atoms with Gasteiger partial charge in [-0.25, -0.2) is 4.98 Å². The lowest BCUT2D eigenvalue weighted by Gasteiger charge is -2.64. The maximum atomic E-state index is 14.3. The monoisotopic (exact) mass is 1030 g/mol. The lowest BCUT2D eigenvalue weighted by atomic mass is 9.81. The summed E-state index contributed by atoms with van der Waals surface area (Å²) in [7, 11) is 0. The van der Waals surface area contributed by atoms with E-state index in [1.165, 1.54) is 9.78 Å². The molecule has 4 saturated heterocycles. The molecule has 72 heavy (non-hydrogen) atoms. The van der Waals surface area contributed by atoms with Gasteiger partial charge in [-0.1, -0.05) is 68.8 Å². The van der Waals surface area contributed by atoms with E-state index in [-0.39, 0.29) is 61.6 Å². The first-order valence-electron chi connectivity index (χ1n) is 25.1. The number of nitrogens with one attached hydrogen (secondary N) is 2. The molecule has 0 saturated carbocycles. The van der Waals surface area contributed by atoms with Crippen LogP contribution in [0.15, 0.2) is 59.0 Å². The van der Waals surface area contributed by atoms with Gasteiger partial charge >= 0.3 is 0 Å². The highest BCUT2D eigenvalue weighted by Crippen LogP contribution is 2.42. The Bertz CT molecular complexity index is 2920. The van der Waals surface area contributed by atoms with Gasteiger partial charge in [0.1, 0.15) is 29.0 Å². The second-order valence-corrected chi connectivity index (χ2v) is 23.9. The van der Waals surface area contributed by atoms with Gasteiger partial charge in [-0.15, -0.1) is 32.9 Å². The molecule has 7 atom stereocenters. The number of halogens is 1. The molecule has 5 aliphatic heterocycles. The molecule has 4 fully saturated rings. The average Bonchev–Trinajstić information content (AvgIpc) is 4.11. The van der Waals surface area contributed by atoms with Crippen molar-refractivity contribution in [3.05, 3.63) is 104 Å². The maximum absolute atomic E-state index is 14.3. The fraction of sp³-hybridized carbons (Fsp3) is 0.509. The minimum atomic E-state index is -0.907. The number of piperidine rings is 1. The molecule has 4 amide bonds. The lowest BCUT2D eigenvalue weighted by molar-refractivity contribution is -0.175. The molecule has 10 rings (SSSR count). The van der Waals surface area contributed by atoms with Gasteiger partial charge < -0.3 is 25.5 Å². The minimum Gasteiger partial charge on any atom is -0.391 e. The quantitative estimate of drug-likeness (QED) is 0.127. The van der Waals surface area contributed by atoms with E-state index in [0.717, 1.165) is 87.4 Å². The first kappa shape index (κ1) is 50.2. The summed E-state index contributed by atoms with van der Waals surface area (Å²) in [5.74, 6) is 0.519. The summed E-state index contributed by atoms with van der Waals surface area (Å²) in [6.45, 7) is 18.9. The summed E-state index contributed by atoms with van der Waals surface area (Å²) in [5.41, 5.74) is 8.06. The van der Waals surface area contributed by atoms with Crippen molar-refractivity contribution in [2.45, 2.75) is 129 Å². The second-order valence-electron chi connectivity index (χ2n) is 21.4. The highest BCUT2D eigenvalue weighted by Gasteiger charge is 2.55. The Morgan fingerprint density at radius 2 is 1.60 bits per heavy atom. The number of aliphatic hydroxyl groups is 1.